The molecule has 0 aromatic heterocycles. The van der Waals surface area contributed by atoms with Gasteiger partial charge in [0.15, 0.2) is 12.0 Å². The summed E-state index contributed by atoms with van der Waals surface area (Å²) >= 11 is 0. The Hall–Kier alpha value is -1.16. The number of nitrogens with zero attached hydrogens (tertiary/aromatic N) is 2. The van der Waals surface area contributed by atoms with Crippen LogP contribution in [-0.4, -0.2) is 42.0 Å². The summed E-state index contributed by atoms with van der Waals surface area (Å²) in [7, 11) is 0. The number of likely N-dealkylation sites (N-methyl/N-ethyl adjacent to an activating group) is 1. The Kier molecular flexibility index (Phi) is 10.7. The van der Waals surface area contributed by atoms with Gasteiger partial charge in [-0.2, -0.15) is 0 Å². The maximum Gasteiger partial charge on any atom is 0.221 e. The summed E-state index contributed by atoms with van der Waals surface area (Å²) in [6.07, 6.45) is 16.2. The van der Waals surface area contributed by atoms with Gasteiger partial charge >= 0.3 is 0 Å². The van der Waals surface area contributed by atoms with Gasteiger partial charge in [0.05, 0.1) is 13.1 Å². The third-order valence-corrected chi connectivity index (χ3v) is 5.45. The number of rotatable bonds is 13. The Bertz CT molecular complexity index is 444. The van der Waals surface area contributed by atoms with Crippen molar-refractivity contribution in [2.24, 2.45) is 4.99 Å². The van der Waals surface area contributed by atoms with Gasteiger partial charge in [-0.05, 0) is 26.2 Å². The lowest BCUT2D eigenvalue weighted by Crippen LogP contribution is -2.62. The fourth-order valence-corrected chi connectivity index (χ4v) is 3.87. The molecule has 0 saturated heterocycles. The maximum absolute atomic E-state index is 11.4. The molecule has 1 aliphatic heterocycles. The number of hydrogen-bond donors (Lipinski definition) is 1. The highest BCUT2D eigenvalue weighted by atomic mass is 16.1. The Balaban J connectivity index is 2.32. The quantitative estimate of drug-likeness (QED) is 0.289. The van der Waals surface area contributed by atoms with Crippen molar-refractivity contribution in [3.05, 3.63) is 12.2 Å². The van der Waals surface area contributed by atoms with Crippen molar-refractivity contribution in [2.45, 2.75) is 91.6 Å². The standard InChI is InChI=1S/C21H39N3O/c1-5-7-8-9-10-11-12-13-14-15-16-21-22-17-18-24(21,6-2)19(3)23-20(4)25/h13-14,19H,5-12,15-18H2,1-4H3/p+1/b14-13+. The number of carbonyl (C=O) groups excluding carboxylic acids is 1. The fourth-order valence-electron chi connectivity index (χ4n) is 3.87. The topological polar surface area (TPSA) is 41.5 Å². The van der Waals surface area contributed by atoms with E-state index in [4.69, 9.17) is 4.99 Å². The lowest BCUT2D eigenvalue weighted by Gasteiger charge is -2.39. The molecule has 0 radical (unpaired) electrons. The molecular formula is C21H40N3O+. The first-order valence-electron chi connectivity index (χ1n) is 10.4. The minimum absolute atomic E-state index is 0.0449. The van der Waals surface area contributed by atoms with Gasteiger partial charge in [-0.1, -0.05) is 51.2 Å². The smallest absolute Gasteiger partial charge is 0.221 e. The monoisotopic (exact) mass is 350 g/mol. The molecule has 1 heterocycles. The predicted molar refractivity (Wildman–Crippen MR) is 108 cm³/mol. The molecule has 0 aromatic carbocycles. The molecule has 1 rings (SSSR count). The lowest BCUT2D eigenvalue weighted by atomic mass is 10.1. The second kappa shape index (κ2) is 12.2. The van der Waals surface area contributed by atoms with Crippen molar-refractivity contribution in [2.75, 3.05) is 19.6 Å². The summed E-state index contributed by atoms with van der Waals surface area (Å²) in [5.41, 5.74) is 0. The van der Waals surface area contributed by atoms with Crippen LogP contribution in [-0.2, 0) is 4.79 Å². The molecule has 4 nitrogen and oxygen atoms in total. The van der Waals surface area contributed by atoms with Gasteiger partial charge in [0, 0.05) is 20.3 Å². The Morgan fingerprint density at radius 1 is 1.16 bits per heavy atom. The highest BCUT2D eigenvalue weighted by Gasteiger charge is 2.41. The van der Waals surface area contributed by atoms with E-state index in [-0.39, 0.29) is 12.1 Å². The molecule has 0 saturated carbocycles. The highest BCUT2D eigenvalue weighted by molar-refractivity contribution is 5.78. The molecular weight excluding hydrogens is 310 g/mol. The van der Waals surface area contributed by atoms with Gasteiger partial charge in [0.1, 0.15) is 6.54 Å². The Morgan fingerprint density at radius 2 is 1.84 bits per heavy atom. The average Bonchev–Trinajstić information content (AvgIpc) is 3.00. The van der Waals surface area contributed by atoms with Crippen LogP contribution < -0.4 is 5.32 Å². The number of amides is 1. The molecule has 2 atom stereocenters. The van der Waals surface area contributed by atoms with Gasteiger partial charge < -0.3 is 5.32 Å². The normalized spacial score (nSPS) is 21.5. The zero-order valence-electron chi connectivity index (χ0n) is 17.0. The number of nitrogens with one attached hydrogen (secondary N) is 1. The van der Waals surface area contributed by atoms with Crippen LogP contribution in [0.3, 0.4) is 0 Å². The van der Waals surface area contributed by atoms with E-state index < -0.39 is 0 Å². The van der Waals surface area contributed by atoms with Crippen molar-refractivity contribution in [3.63, 3.8) is 0 Å². The van der Waals surface area contributed by atoms with Crippen molar-refractivity contribution in [3.8, 4) is 0 Å². The zero-order valence-corrected chi connectivity index (χ0v) is 17.0. The summed E-state index contributed by atoms with van der Waals surface area (Å²) in [5, 5.41) is 3.08. The lowest BCUT2D eigenvalue weighted by molar-refractivity contribution is -0.861. The second-order valence-electron chi connectivity index (χ2n) is 7.31. The van der Waals surface area contributed by atoms with Crippen LogP contribution in [0.1, 0.15) is 85.5 Å². The number of unbranched alkanes of at least 4 members (excludes halogenated alkanes) is 6. The van der Waals surface area contributed by atoms with Crippen LogP contribution in [0.5, 0.6) is 0 Å². The molecule has 0 fully saturated rings. The second-order valence-corrected chi connectivity index (χ2v) is 7.31. The minimum atomic E-state index is 0.0449. The molecule has 25 heavy (non-hydrogen) atoms. The van der Waals surface area contributed by atoms with Gasteiger partial charge in [-0.3, -0.25) is 9.28 Å². The predicted octanol–water partition coefficient (Wildman–Crippen LogP) is 4.80. The van der Waals surface area contributed by atoms with Gasteiger partial charge in [-0.15, -0.1) is 0 Å². The summed E-state index contributed by atoms with van der Waals surface area (Å²) in [6, 6.07) is 0. The van der Waals surface area contributed by atoms with Gasteiger partial charge in [0.25, 0.3) is 0 Å². The third kappa shape index (κ3) is 7.31. The largest absolute Gasteiger partial charge is 0.307 e. The van der Waals surface area contributed by atoms with Crippen LogP contribution in [0.4, 0.5) is 0 Å². The van der Waals surface area contributed by atoms with Crippen LogP contribution >= 0.6 is 0 Å². The van der Waals surface area contributed by atoms with E-state index in [1.165, 1.54) is 50.8 Å². The van der Waals surface area contributed by atoms with E-state index in [0.29, 0.717) is 0 Å². The van der Waals surface area contributed by atoms with Gasteiger partial charge in [0.2, 0.25) is 5.91 Å². The molecule has 1 aliphatic rings. The Morgan fingerprint density at radius 3 is 2.52 bits per heavy atom. The van der Waals surface area contributed by atoms with E-state index in [2.05, 4.69) is 38.2 Å². The molecule has 0 aliphatic carbocycles. The number of allylic oxidation sites excluding steroid dienone is 2. The third-order valence-electron chi connectivity index (χ3n) is 5.45. The number of aliphatic imine (C=N–C) groups is 1. The van der Waals surface area contributed by atoms with E-state index in [0.717, 1.165) is 37.0 Å². The van der Waals surface area contributed by atoms with Crippen molar-refractivity contribution < 1.29 is 9.28 Å². The van der Waals surface area contributed by atoms with Crippen LogP contribution in [0.15, 0.2) is 17.1 Å². The summed E-state index contributed by atoms with van der Waals surface area (Å²) in [5.74, 6) is 1.30. The summed E-state index contributed by atoms with van der Waals surface area (Å²) in [6.45, 7) is 11.1. The number of carbonyl (C=O) groups is 1. The molecule has 0 bridgehead atoms. The summed E-state index contributed by atoms with van der Waals surface area (Å²) < 4.78 is 0.824. The number of hydrogen-bond acceptors (Lipinski definition) is 2. The zero-order chi connectivity index (χ0) is 18.5. The first-order chi connectivity index (χ1) is 12.1. The SMILES string of the molecule is CCCCCCCC/C=C/CCC1=NCC[N+]1(CC)C(C)NC(C)=O. The van der Waals surface area contributed by atoms with E-state index in [1.54, 1.807) is 6.92 Å². The highest BCUT2D eigenvalue weighted by Crippen LogP contribution is 2.22. The average molecular weight is 351 g/mol. The first kappa shape index (κ1) is 21.9. The van der Waals surface area contributed by atoms with Crippen molar-refractivity contribution in [1.82, 2.24) is 5.32 Å². The van der Waals surface area contributed by atoms with Crippen LogP contribution in [0, 0.1) is 0 Å². The molecule has 144 valence electrons. The first-order valence-corrected chi connectivity index (χ1v) is 10.4. The maximum atomic E-state index is 11.4. The number of quaternary nitrogens is 1. The van der Waals surface area contributed by atoms with Crippen LogP contribution in [0.25, 0.3) is 0 Å². The minimum Gasteiger partial charge on any atom is -0.307 e. The molecule has 4 heteroatoms. The van der Waals surface area contributed by atoms with Crippen LogP contribution in [0.2, 0.25) is 0 Å². The molecule has 1 amide bonds. The molecule has 0 aromatic rings. The van der Waals surface area contributed by atoms with E-state index >= 15 is 0 Å². The molecule has 0 spiro atoms. The molecule has 2 unspecified atom stereocenters. The summed E-state index contributed by atoms with van der Waals surface area (Å²) in [4.78, 5) is 16.2. The molecule has 1 N–H and O–H groups in total. The number of amidine groups is 1. The van der Waals surface area contributed by atoms with Crippen molar-refractivity contribution in [1.29, 1.82) is 0 Å². The van der Waals surface area contributed by atoms with Crippen molar-refractivity contribution >= 4 is 11.7 Å². The fraction of sp³-hybridized carbons (Fsp3) is 0.810. The van der Waals surface area contributed by atoms with E-state index in [9.17, 15) is 4.79 Å². The van der Waals surface area contributed by atoms with E-state index in [1.807, 2.05) is 0 Å². The van der Waals surface area contributed by atoms with Gasteiger partial charge in [-0.25, -0.2) is 4.99 Å². The Labute approximate surface area is 155 Å².